The lowest BCUT2D eigenvalue weighted by Crippen LogP contribution is -1.93. The van der Waals surface area contributed by atoms with Crippen LogP contribution >= 0.6 is 11.3 Å². The number of hydrogen-bond acceptors (Lipinski definition) is 1. The Morgan fingerprint density at radius 2 is 1.09 bits per heavy atom. The van der Waals surface area contributed by atoms with Gasteiger partial charge in [0.15, 0.2) is 0 Å². The van der Waals surface area contributed by atoms with E-state index in [1.807, 2.05) is 11.3 Å². The third-order valence-electron chi connectivity index (χ3n) is 9.57. The minimum atomic E-state index is 1.18. The van der Waals surface area contributed by atoms with Crippen LogP contribution in [0.1, 0.15) is 0 Å². The second-order valence-electron chi connectivity index (χ2n) is 12.1. The molecule has 0 N–H and O–H groups in total. The fraction of sp³-hybridized carbons (Fsp3) is 0. The highest BCUT2D eigenvalue weighted by molar-refractivity contribution is 7.25. The minimum Gasteiger partial charge on any atom is -0.309 e. The maximum absolute atomic E-state index is 2.43. The van der Waals surface area contributed by atoms with E-state index in [-0.39, 0.29) is 0 Å². The van der Waals surface area contributed by atoms with E-state index >= 15 is 0 Å². The Labute approximate surface area is 270 Å². The first-order valence-electron chi connectivity index (χ1n) is 15.8. The smallest absolute Gasteiger partial charge is 0.0541 e. The van der Waals surface area contributed by atoms with Crippen molar-refractivity contribution >= 4 is 74.9 Å². The third kappa shape index (κ3) is 3.74. The predicted molar refractivity (Wildman–Crippen MR) is 200 cm³/mol. The van der Waals surface area contributed by atoms with Crippen LogP contribution in [0.25, 0.3) is 91.5 Å². The summed E-state index contributed by atoms with van der Waals surface area (Å²) >= 11 is 1.88. The molecule has 0 atom stereocenters. The molecule has 0 aliphatic rings. The Morgan fingerprint density at radius 3 is 1.96 bits per heavy atom. The molecule has 46 heavy (non-hydrogen) atoms. The zero-order valence-electron chi connectivity index (χ0n) is 24.9. The first kappa shape index (κ1) is 25.6. The third-order valence-corrected chi connectivity index (χ3v) is 10.7. The minimum absolute atomic E-state index is 1.18. The van der Waals surface area contributed by atoms with Gasteiger partial charge in [0.25, 0.3) is 0 Å². The summed E-state index contributed by atoms with van der Waals surface area (Å²) in [5.41, 5.74) is 8.60. The number of nitrogens with zero attached hydrogens (tertiary/aromatic N) is 1. The molecule has 2 aromatic heterocycles. The standard InChI is InChI=1S/C44H27NS/c1-3-11-28(12-4-1)32-22-23-33-36(21-19-29-26-43-39(27-37(29)33)35-16-8-10-18-42(35)46-43)44(32)30-20-24-41-38(25-30)34-15-7-9-17-40(34)45(41)31-13-5-2-6-14-31/h1-27H. The van der Waals surface area contributed by atoms with E-state index in [2.05, 4.69) is 168 Å². The van der Waals surface area contributed by atoms with E-state index in [0.717, 1.165) is 0 Å². The normalized spacial score (nSPS) is 11.9. The lowest BCUT2D eigenvalue weighted by molar-refractivity contribution is 1.18. The van der Waals surface area contributed by atoms with Crippen LogP contribution in [0.4, 0.5) is 0 Å². The molecule has 0 radical (unpaired) electrons. The first-order valence-corrected chi connectivity index (χ1v) is 16.6. The molecule has 0 saturated carbocycles. The van der Waals surface area contributed by atoms with E-state index < -0.39 is 0 Å². The lowest BCUT2D eigenvalue weighted by atomic mass is 9.87. The largest absolute Gasteiger partial charge is 0.309 e. The van der Waals surface area contributed by atoms with E-state index in [1.165, 1.54) is 91.5 Å². The van der Waals surface area contributed by atoms with Crippen LogP contribution in [0, 0.1) is 0 Å². The molecule has 10 aromatic rings. The molecule has 8 aromatic carbocycles. The Bertz CT molecular complexity index is 2790. The van der Waals surface area contributed by atoms with Gasteiger partial charge in [-0.2, -0.15) is 0 Å². The Hall–Kier alpha value is -5.70. The highest BCUT2D eigenvalue weighted by atomic mass is 32.1. The van der Waals surface area contributed by atoms with Gasteiger partial charge in [0.1, 0.15) is 0 Å². The van der Waals surface area contributed by atoms with Gasteiger partial charge >= 0.3 is 0 Å². The van der Waals surface area contributed by atoms with Crippen molar-refractivity contribution < 1.29 is 0 Å². The van der Waals surface area contributed by atoms with Crippen molar-refractivity contribution in [3.8, 4) is 27.9 Å². The number of aromatic nitrogens is 1. The molecule has 2 heterocycles. The van der Waals surface area contributed by atoms with Gasteiger partial charge in [-0.1, -0.05) is 115 Å². The van der Waals surface area contributed by atoms with E-state index in [4.69, 9.17) is 0 Å². The highest BCUT2D eigenvalue weighted by Crippen LogP contribution is 2.44. The van der Waals surface area contributed by atoms with Crippen LogP contribution in [0.15, 0.2) is 164 Å². The van der Waals surface area contributed by atoms with Gasteiger partial charge in [-0.3, -0.25) is 0 Å². The van der Waals surface area contributed by atoms with E-state index in [0.29, 0.717) is 0 Å². The summed E-state index contributed by atoms with van der Waals surface area (Å²) in [4.78, 5) is 0. The zero-order chi connectivity index (χ0) is 30.2. The van der Waals surface area contributed by atoms with Crippen LogP contribution in [0.3, 0.4) is 0 Å². The average molecular weight is 602 g/mol. The van der Waals surface area contributed by atoms with E-state index in [9.17, 15) is 0 Å². The summed E-state index contributed by atoms with van der Waals surface area (Å²) < 4.78 is 5.07. The molecule has 0 amide bonds. The zero-order valence-corrected chi connectivity index (χ0v) is 25.8. The summed E-state index contributed by atoms with van der Waals surface area (Å²) in [6, 6.07) is 60.3. The summed E-state index contributed by atoms with van der Waals surface area (Å²) in [5.74, 6) is 0. The Balaban J connectivity index is 1.30. The number of para-hydroxylation sites is 2. The molecule has 10 rings (SSSR count). The molecule has 0 aliphatic carbocycles. The number of benzene rings is 8. The molecule has 0 bridgehead atoms. The Kier molecular flexibility index (Phi) is 5.51. The van der Waals surface area contributed by atoms with Gasteiger partial charge in [-0.25, -0.2) is 0 Å². The van der Waals surface area contributed by atoms with Crippen LogP contribution in [-0.2, 0) is 0 Å². The lowest BCUT2D eigenvalue weighted by Gasteiger charge is -2.16. The molecular formula is C44H27NS. The number of fused-ring (bicyclic) bond motifs is 9. The molecule has 1 nitrogen and oxygen atoms in total. The molecular weight excluding hydrogens is 575 g/mol. The topological polar surface area (TPSA) is 4.93 Å². The molecule has 2 heteroatoms. The molecule has 0 fully saturated rings. The Morgan fingerprint density at radius 1 is 0.370 bits per heavy atom. The quantitative estimate of drug-likeness (QED) is 0.178. The number of thiophene rings is 1. The van der Waals surface area contributed by atoms with Gasteiger partial charge in [0, 0.05) is 36.6 Å². The molecule has 0 unspecified atom stereocenters. The van der Waals surface area contributed by atoms with Gasteiger partial charge in [-0.15, -0.1) is 11.3 Å². The van der Waals surface area contributed by atoms with Crippen molar-refractivity contribution in [3.63, 3.8) is 0 Å². The first-order chi connectivity index (χ1) is 22.8. The van der Waals surface area contributed by atoms with Crippen LogP contribution in [-0.4, -0.2) is 4.57 Å². The predicted octanol–water partition coefficient (Wildman–Crippen LogP) is 12.8. The van der Waals surface area contributed by atoms with E-state index in [1.54, 1.807) is 0 Å². The van der Waals surface area contributed by atoms with Crippen molar-refractivity contribution in [1.29, 1.82) is 0 Å². The second-order valence-corrected chi connectivity index (χ2v) is 13.2. The maximum Gasteiger partial charge on any atom is 0.0541 e. The fourth-order valence-electron chi connectivity index (χ4n) is 7.51. The van der Waals surface area contributed by atoms with Crippen molar-refractivity contribution in [3.05, 3.63) is 164 Å². The second kappa shape index (κ2) is 9.90. The summed E-state index contributed by atoms with van der Waals surface area (Å²) in [6.07, 6.45) is 0. The molecule has 0 saturated heterocycles. The summed E-state index contributed by atoms with van der Waals surface area (Å²) in [5, 5.41) is 10.4. The van der Waals surface area contributed by atoms with Gasteiger partial charge in [0.2, 0.25) is 0 Å². The van der Waals surface area contributed by atoms with Gasteiger partial charge in [-0.05, 0) is 92.3 Å². The summed E-state index contributed by atoms with van der Waals surface area (Å²) in [6.45, 7) is 0. The van der Waals surface area contributed by atoms with Crippen LogP contribution in [0.2, 0.25) is 0 Å². The van der Waals surface area contributed by atoms with Crippen molar-refractivity contribution in [2.75, 3.05) is 0 Å². The van der Waals surface area contributed by atoms with Gasteiger partial charge in [0.05, 0.1) is 11.0 Å². The molecule has 214 valence electrons. The van der Waals surface area contributed by atoms with Crippen molar-refractivity contribution in [1.82, 2.24) is 4.57 Å². The maximum atomic E-state index is 2.43. The summed E-state index contributed by atoms with van der Waals surface area (Å²) in [7, 11) is 0. The van der Waals surface area contributed by atoms with Crippen molar-refractivity contribution in [2.45, 2.75) is 0 Å². The monoisotopic (exact) mass is 601 g/mol. The molecule has 0 spiro atoms. The number of hydrogen-bond donors (Lipinski definition) is 0. The van der Waals surface area contributed by atoms with Crippen molar-refractivity contribution in [2.24, 2.45) is 0 Å². The fourth-order valence-corrected chi connectivity index (χ4v) is 8.65. The average Bonchev–Trinajstić information content (AvgIpc) is 3.65. The highest BCUT2D eigenvalue weighted by Gasteiger charge is 2.18. The van der Waals surface area contributed by atoms with Gasteiger partial charge < -0.3 is 4.57 Å². The number of rotatable bonds is 3. The molecule has 0 aliphatic heterocycles. The van der Waals surface area contributed by atoms with Crippen LogP contribution in [0.5, 0.6) is 0 Å². The SMILES string of the molecule is c1ccc(-c2ccc3c(ccc4cc5sc6ccccc6c5cc43)c2-c2ccc3c(c2)c2ccccc2n3-c2ccccc2)cc1. The van der Waals surface area contributed by atoms with Crippen LogP contribution < -0.4 is 0 Å².